The first kappa shape index (κ1) is 46.0. The Kier molecular flexibility index (Phi) is 12.5. The average Bonchev–Trinajstić information content (AvgIpc) is 4.18. The zero-order valence-corrected chi connectivity index (χ0v) is 39.4. The number of H-pyrrole nitrogens is 2. The summed E-state index contributed by atoms with van der Waals surface area (Å²) in [5, 5.41) is 10.5. The Hall–Kier alpha value is -7.18. The van der Waals surface area contributed by atoms with Gasteiger partial charge in [0.15, 0.2) is 5.76 Å². The van der Waals surface area contributed by atoms with Gasteiger partial charge in [-0.3, -0.25) is 14.2 Å². The summed E-state index contributed by atoms with van der Waals surface area (Å²) in [6.45, 7) is 12.5. The van der Waals surface area contributed by atoms with E-state index in [1.54, 1.807) is 28.3 Å². The number of likely N-dealkylation sites (tertiary alicyclic amines) is 2. The average molecular weight is 933 g/mol. The van der Waals surface area contributed by atoms with Crippen LogP contribution in [0.1, 0.15) is 115 Å². The quantitative estimate of drug-likeness (QED) is 0.0915. The molecule has 9 rings (SSSR count). The third-order valence-electron chi connectivity index (χ3n) is 13.3. The molecular formula is C49H57FN10O8. The Labute approximate surface area is 392 Å². The smallest absolute Gasteiger partial charge is 0.407 e. The minimum Gasteiger partial charge on any atom is -0.462 e. The lowest BCUT2D eigenvalue weighted by atomic mass is 10.0. The number of ether oxygens (including phenoxy) is 3. The SMILES string of the molecule is COC(=O)NC(C(=O)N1CCC[C@H]1c1ncc(-c2ccc3c(c2)cc2n3C(c3cc(C(C)C)no3)Oc3cc(-c4cnc([C@@H]5CCCN5C(=O)[C@@H](NC(=O)OC)C(C)C)[nH]4)cc(F)c3-2)[nH]1)C(C)C. The van der Waals surface area contributed by atoms with Crippen LogP contribution in [0.5, 0.6) is 5.75 Å². The van der Waals surface area contributed by atoms with Crippen molar-refractivity contribution in [3.63, 3.8) is 0 Å². The largest absolute Gasteiger partial charge is 0.462 e. The molecule has 0 saturated carbocycles. The maximum Gasteiger partial charge on any atom is 0.407 e. The second kappa shape index (κ2) is 18.5. The summed E-state index contributed by atoms with van der Waals surface area (Å²) in [4.78, 5) is 71.6. The van der Waals surface area contributed by atoms with Crippen molar-refractivity contribution in [2.75, 3.05) is 27.3 Å². The predicted octanol–water partition coefficient (Wildman–Crippen LogP) is 8.37. The van der Waals surface area contributed by atoms with Crippen molar-refractivity contribution in [2.45, 2.75) is 104 Å². The van der Waals surface area contributed by atoms with E-state index >= 15 is 4.39 Å². The van der Waals surface area contributed by atoms with Gasteiger partial charge in [0.05, 0.1) is 72.6 Å². The van der Waals surface area contributed by atoms with Gasteiger partial charge in [-0.25, -0.2) is 23.9 Å². The first-order valence-electron chi connectivity index (χ1n) is 23.2. The van der Waals surface area contributed by atoms with Gasteiger partial charge in [-0.15, -0.1) is 0 Å². The zero-order valence-electron chi connectivity index (χ0n) is 39.4. The molecule has 4 N–H and O–H groups in total. The van der Waals surface area contributed by atoms with Crippen LogP contribution in [0.15, 0.2) is 59.4 Å². The number of hydrogen-bond acceptors (Lipinski definition) is 11. The number of hydrogen-bond donors (Lipinski definition) is 4. The monoisotopic (exact) mass is 932 g/mol. The van der Waals surface area contributed by atoms with Gasteiger partial charge in [-0.1, -0.05) is 52.8 Å². The van der Waals surface area contributed by atoms with Gasteiger partial charge in [-0.05, 0) is 73.8 Å². The molecule has 358 valence electrons. The first-order chi connectivity index (χ1) is 32.6. The fraction of sp³-hybridized carbons (Fsp3) is 0.449. The first-order valence-corrected chi connectivity index (χ1v) is 23.2. The van der Waals surface area contributed by atoms with Crippen LogP contribution in [0.2, 0.25) is 0 Å². The molecule has 3 aliphatic rings. The summed E-state index contributed by atoms with van der Waals surface area (Å²) >= 11 is 0. The second-order valence-corrected chi connectivity index (χ2v) is 18.7. The maximum atomic E-state index is 16.9. The second-order valence-electron chi connectivity index (χ2n) is 18.7. The highest BCUT2D eigenvalue weighted by Gasteiger charge is 2.40. The summed E-state index contributed by atoms with van der Waals surface area (Å²) in [7, 11) is 2.53. The van der Waals surface area contributed by atoms with Crippen LogP contribution in [0.3, 0.4) is 0 Å². The van der Waals surface area contributed by atoms with Gasteiger partial charge in [-0.2, -0.15) is 0 Å². The molecule has 4 amide bonds. The molecule has 4 aromatic heterocycles. The van der Waals surface area contributed by atoms with Crippen molar-refractivity contribution < 1.29 is 42.3 Å². The van der Waals surface area contributed by atoms with E-state index in [0.717, 1.165) is 40.7 Å². The standard InChI is InChI=1S/C49H57FN10O8/c1-24(2)31-21-39(68-57-31)47-60-34-14-13-27(32-22-51-43(53-32)35-11-9-15-58(35)45(61)41(25(3)4)55-48(63)65-7)17-29(34)19-37(60)40-30(50)18-28(20-38(40)67-47)33-23-52-44(54-33)36-12-10-16-59(36)46(62)42(26(5)6)56-49(64)66-8/h13-14,17-26,35-36,41-42,47H,9-12,15-16H2,1-8H3,(H,51,53)(H,52,54)(H,55,63)(H,56,64)/t35-,36-,41?,42-,47?/m0/s1. The van der Waals surface area contributed by atoms with E-state index in [0.29, 0.717) is 66.0 Å². The number of nitrogens with zero attached hydrogens (tertiary/aromatic N) is 6. The normalized spacial score (nSPS) is 18.7. The van der Waals surface area contributed by atoms with Crippen LogP contribution in [0, 0.1) is 17.7 Å². The van der Waals surface area contributed by atoms with Crippen LogP contribution in [-0.2, 0) is 19.1 Å². The molecule has 3 aliphatic heterocycles. The lowest BCUT2D eigenvalue weighted by molar-refractivity contribution is -0.136. The Morgan fingerprint density at radius 3 is 1.87 bits per heavy atom. The molecule has 0 radical (unpaired) electrons. The van der Waals surface area contributed by atoms with Crippen molar-refractivity contribution >= 4 is 34.9 Å². The summed E-state index contributed by atoms with van der Waals surface area (Å²) in [5.74, 6) is 0.719. The van der Waals surface area contributed by atoms with E-state index in [1.807, 2.05) is 76.4 Å². The number of aromatic amines is 2. The summed E-state index contributed by atoms with van der Waals surface area (Å²) < 4.78 is 41.0. The van der Waals surface area contributed by atoms with E-state index in [9.17, 15) is 19.2 Å². The molecular weight excluding hydrogens is 876 g/mol. The van der Waals surface area contributed by atoms with Gasteiger partial charge in [0, 0.05) is 35.7 Å². The number of imidazole rings is 2. The van der Waals surface area contributed by atoms with Crippen molar-refractivity contribution in [3.8, 4) is 39.5 Å². The fourth-order valence-electron chi connectivity index (χ4n) is 9.67. The minimum absolute atomic E-state index is 0.0822. The zero-order chi connectivity index (χ0) is 48.1. The molecule has 2 aromatic carbocycles. The van der Waals surface area contributed by atoms with Crippen LogP contribution in [0.25, 0.3) is 44.7 Å². The summed E-state index contributed by atoms with van der Waals surface area (Å²) in [6.07, 6.45) is 4.09. The van der Waals surface area contributed by atoms with E-state index in [-0.39, 0.29) is 47.2 Å². The van der Waals surface area contributed by atoms with Gasteiger partial charge in [0.2, 0.25) is 18.0 Å². The third kappa shape index (κ3) is 8.42. The summed E-state index contributed by atoms with van der Waals surface area (Å²) in [6, 6.07) is 10.7. The highest BCUT2D eigenvalue weighted by atomic mass is 19.1. The minimum atomic E-state index is -0.841. The van der Waals surface area contributed by atoms with Crippen molar-refractivity contribution in [1.82, 2.24) is 50.1 Å². The molecule has 5 atom stereocenters. The fourth-order valence-corrected chi connectivity index (χ4v) is 9.67. The topological polar surface area (TPSA) is 215 Å². The number of aromatic nitrogens is 6. The Morgan fingerprint density at radius 2 is 1.34 bits per heavy atom. The molecule has 0 aliphatic carbocycles. The highest BCUT2D eigenvalue weighted by molar-refractivity contribution is 5.93. The number of benzene rings is 2. The maximum absolute atomic E-state index is 16.9. The third-order valence-corrected chi connectivity index (χ3v) is 13.3. The molecule has 68 heavy (non-hydrogen) atoms. The summed E-state index contributed by atoms with van der Waals surface area (Å²) in [5.41, 5.74) is 4.96. The van der Waals surface area contributed by atoms with Gasteiger partial charge in [0.1, 0.15) is 35.3 Å². The molecule has 6 aromatic rings. The van der Waals surface area contributed by atoms with E-state index in [1.165, 1.54) is 20.3 Å². The lowest BCUT2D eigenvalue weighted by Crippen LogP contribution is -2.51. The van der Waals surface area contributed by atoms with Crippen molar-refractivity contribution in [1.29, 1.82) is 0 Å². The number of alkyl carbamates (subject to hydrolysis) is 2. The molecule has 0 spiro atoms. The van der Waals surface area contributed by atoms with E-state index in [4.69, 9.17) is 23.7 Å². The molecule has 7 heterocycles. The molecule has 18 nitrogen and oxygen atoms in total. The Balaban J connectivity index is 1.03. The van der Waals surface area contributed by atoms with Crippen molar-refractivity contribution in [2.24, 2.45) is 11.8 Å². The molecule has 0 bridgehead atoms. The van der Waals surface area contributed by atoms with Crippen LogP contribution >= 0.6 is 0 Å². The number of nitrogens with one attached hydrogen (secondary N) is 4. The highest BCUT2D eigenvalue weighted by Crippen LogP contribution is 2.48. The molecule has 2 saturated heterocycles. The Bertz CT molecular complexity index is 2880. The van der Waals surface area contributed by atoms with Gasteiger partial charge in [0.25, 0.3) is 0 Å². The van der Waals surface area contributed by atoms with Crippen LogP contribution in [0.4, 0.5) is 14.0 Å². The van der Waals surface area contributed by atoms with E-state index in [2.05, 4.69) is 30.7 Å². The number of carbonyl (C=O) groups is 4. The lowest BCUT2D eigenvalue weighted by Gasteiger charge is -2.30. The van der Waals surface area contributed by atoms with Crippen LogP contribution in [-0.4, -0.2) is 103 Å². The number of carbonyl (C=O) groups excluding carboxylic acids is 4. The number of amides is 4. The van der Waals surface area contributed by atoms with E-state index < -0.39 is 36.3 Å². The molecule has 2 fully saturated rings. The van der Waals surface area contributed by atoms with Gasteiger partial charge >= 0.3 is 12.2 Å². The van der Waals surface area contributed by atoms with Crippen molar-refractivity contribution in [3.05, 3.63) is 83.8 Å². The number of rotatable bonds is 12. The van der Waals surface area contributed by atoms with Gasteiger partial charge < -0.3 is 49.1 Å². The van der Waals surface area contributed by atoms with Crippen LogP contribution < -0.4 is 15.4 Å². The number of methoxy groups -OCH3 is 2. The number of fused-ring (bicyclic) bond motifs is 5. The molecule has 2 unspecified atom stereocenters. The predicted molar refractivity (Wildman–Crippen MR) is 248 cm³/mol. The number of halogens is 1. The Morgan fingerprint density at radius 1 is 0.765 bits per heavy atom. The molecule has 19 heteroatoms.